The van der Waals surface area contributed by atoms with E-state index in [1.54, 1.807) is 13.8 Å². The van der Waals surface area contributed by atoms with Gasteiger partial charge in [0.25, 0.3) is 5.56 Å². The van der Waals surface area contributed by atoms with Gasteiger partial charge in [-0.3, -0.25) is 18.7 Å². The normalized spacial score (nSPS) is 11.7. The van der Waals surface area contributed by atoms with E-state index in [0.29, 0.717) is 0 Å². The first kappa shape index (κ1) is 28.1. The third-order valence-electron chi connectivity index (χ3n) is 5.69. The van der Waals surface area contributed by atoms with Crippen molar-refractivity contribution in [2.45, 2.75) is 25.3 Å². The van der Waals surface area contributed by atoms with Gasteiger partial charge in [0.05, 0.1) is 28.4 Å². The Morgan fingerprint density at radius 1 is 1.14 bits per heavy atom. The van der Waals surface area contributed by atoms with Gasteiger partial charge in [0, 0.05) is 27.2 Å². The zero-order valence-electron chi connectivity index (χ0n) is 20.7. The molecule has 3 rings (SSSR count). The molecule has 2 heterocycles. The number of benzene rings is 1. The van der Waals surface area contributed by atoms with Crippen molar-refractivity contribution in [3.8, 4) is 0 Å². The highest BCUT2D eigenvalue weighted by molar-refractivity contribution is 7.89. The van der Waals surface area contributed by atoms with Gasteiger partial charge in [-0.2, -0.15) is 4.31 Å². The number of amides is 1. The molecule has 1 amide bonds. The summed E-state index contributed by atoms with van der Waals surface area (Å²) in [5.74, 6) is -1.34. The predicted octanol–water partition coefficient (Wildman–Crippen LogP) is 0.0908. The number of aromatic nitrogens is 4. The first-order valence-electron chi connectivity index (χ1n) is 11.3. The lowest BCUT2D eigenvalue weighted by molar-refractivity contribution is -0.121. The van der Waals surface area contributed by atoms with Crippen molar-refractivity contribution in [1.82, 2.24) is 28.3 Å². The number of hydrogen-bond acceptors (Lipinski definition) is 8. The number of hydrogen-bond donors (Lipinski definition) is 1. The van der Waals surface area contributed by atoms with Crippen LogP contribution < -0.4 is 16.6 Å². The standard InChI is InChI=1S/C22H27ClN6O7S/c1-5-29(6-2)37(34,35)14-7-8-16(23)15(11-14)21(32)36-10-9-24-17(30)12-28-13-25-19-18(28)20(31)27(4)22(33)26(19)3/h7-8,11,13H,5-6,9-10,12H2,1-4H3,(H,24,30). The summed E-state index contributed by atoms with van der Waals surface area (Å²) < 4.78 is 35.3. The number of carbonyl (C=O) groups is 2. The largest absolute Gasteiger partial charge is 0.460 e. The molecule has 0 aliphatic rings. The maximum absolute atomic E-state index is 12.7. The van der Waals surface area contributed by atoms with Crippen LogP contribution in [0.4, 0.5) is 0 Å². The molecule has 0 bridgehead atoms. The molecular weight excluding hydrogens is 528 g/mol. The molecule has 0 saturated heterocycles. The van der Waals surface area contributed by atoms with Gasteiger partial charge >= 0.3 is 11.7 Å². The number of nitrogens with one attached hydrogen (secondary N) is 1. The fourth-order valence-electron chi connectivity index (χ4n) is 3.67. The van der Waals surface area contributed by atoms with E-state index in [1.165, 1.54) is 46.0 Å². The van der Waals surface area contributed by atoms with Gasteiger partial charge < -0.3 is 14.6 Å². The van der Waals surface area contributed by atoms with Crippen LogP contribution in [0.25, 0.3) is 11.2 Å². The molecule has 0 unspecified atom stereocenters. The first-order chi connectivity index (χ1) is 17.4. The molecule has 0 aliphatic carbocycles. The van der Waals surface area contributed by atoms with Crippen LogP contribution in [-0.4, -0.2) is 69.5 Å². The number of esters is 1. The summed E-state index contributed by atoms with van der Waals surface area (Å²) in [6.45, 7) is 3.42. The number of halogens is 1. The summed E-state index contributed by atoms with van der Waals surface area (Å²) in [6.07, 6.45) is 1.28. The lowest BCUT2D eigenvalue weighted by Crippen LogP contribution is -2.38. The molecule has 0 atom stereocenters. The van der Waals surface area contributed by atoms with Crippen molar-refractivity contribution in [1.29, 1.82) is 0 Å². The average molecular weight is 555 g/mol. The van der Waals surface area contributed by atoms with E-state index in [4.69, 9.17) is 16.3 Å². The van der Waals surface area contributed by atoms with Crippen LogP contribution in [0.5, 0.6) is 0 Å². The maximum atomic E-state index is 12.7. The third kappa shape index (κ3) is 5.60. The zero-order chi connectivity index (χ0) is 27.5. The van der Waals surface area contributed by atoms with Crippen molar-refractivity contribution >= 4 is 44.7 Å². The average Bonchev–Trinajstić information content (AvgIpc) is 3.28. The molecule has 0 aliphatic heterocycles. The Bertz CT molecular complexity index is 1570. The monoisotopic (exact) mass is 554 g/mol. The molecule has 37 heavy (non-hydrogen) atoms. The second-order valence-electron chi connectivity index (χ2n) is 7.97. The number of carbonyl (C=O) groups excluding carboxylic acids is 2. The molecule has 0 radical (unpaired) electrons. The van der Waals surface area contributed by atoms with Crippen molar-refractivity contribution in [3.63, 3.8) is 0 Å². The van der Waals surface area contributed by atoms with Crippen LogP contribution in [-0.2, 0) is 40.2 Å². The van der Waals surface area contributed by atoms with Crippen molar-refractivity contribution < 1.29 is 22.7 Å². The topological polar surface area (TPSA) is 155 Å². The summed E-state index contributed by atoms with van der Waals surface area (Å²) in [4.78, 5) is 53.4. The van der Waals surface area contributed by atoms with E-state index in [9.17, 15) is 27.6 Å². The van der Waals surface area contributed by atoms with Gasteiger partial charge in [0.15, 0.2) is 11.2 Å². The highest BCUT2D eigenvalue weighted by atomic mass is 35.5. The number of imidazole rings is 1. The number of fused-ring (bicyclic) bond motifs is 1. The lowest BCUT2D eigenvalue weighted by atomic mass is 10.2. The summed E-state index contributed by atoms with van der Waals surface area (Å²) >= 11 is 6.09. The third-order valence-corrected chi connectivity index (χ3v) is 8.06. The molecule has 1 aromatic carbocycles. The molecule has 0 fully saturated rings. The van der Waals surface area contributed by atoms with Crippen molar-refractivity contribution in [3.05, 3.63) is 56.0 Å². The second kappa shape index (κ2) is 11.3. The minimum atomic E-state index is -3.80. The maximum Gasteiger partial charge on any atom is 0.339 e. The number of rotatable bonds is 10. The molecule has 0 saturated carbocycles. The zero-order valence-corrected chi connectivity index (χ0v) is 22.3. The number of nitrogens with zero attached hydrogens (tertiary/aromatic N) is 5. The van der Waals surface area contributed by atoms with E-state index in [-0.39, 0.29) is 59.4 Å². The first-order valence-corrected chi connectivity index (χ1v) is 13.1. The number of sulfonamides is 1. The van der Waals surface area contributed by atoms with Gasteiger partial charge in [0.2, 0.25) is 15.9 Å². The highest BCUT2D eigenvalue weighted by Crippen LogP contribution is 2.23. The summed E-state index contributed by atoms with van der Waals surface area (Å²) in [5.41, 5.74) is -0.991. The molecule has 13 nitrogen and oxygen atoms in total. The summed E-state index contributed by atoms with van der Waals surface area (Å²) in [7, 11) is -1.00. The Labute approximate surface area is 217 Å². The second-order valence-corrected chi connectivity index (χ2v) is 10.3. The quantitative estimate of drug-likeness (QED) is 0.273. The molecule has 2 aromatic heterocycles. The van der Waals surface area contributed by atoms with Gasteiger partial charge in [-0.1, -0.05) is 25.4 Å². The summed E-state index contributed by atoms with van der Waals surface area (Å²) in [5, 5.41) is 2.58. The summed E-state index contributed by atoms with van der Waals surface area (Å²) in [6, 6.07) is 3.79. The Kier molecular flexibility index (Phi) is 8.56. The fourth-order valence-corrected chi connectivity index (χ4v) is 5.35. The SMILES string of the molecule is CCN(CC)S(=O)(=O)c1ccc(Cl)c(C(=O)OCCNC(=O)Cn2cnc3c2c(=O)n(C)c(=O)n3C)c1. The Balaban J connectivity index is 1.62. The Hall–Kier alpha value is -3.49. The van der Waals surface area contributed by atoms with Crippen LogP contribution in [0.2, 0.25) is 5.02 Å². The minimum Gasteiger partial charge on any atom is -0.460 e. The van der Waals surface area contributed by atoms with E-state index in [2.05, 4.69) is 10.3 Å². The van der Waals surface area contributed by atoms with Crippen LogP contribution in [0.1, 0.15) is 24.2 Å². The highest BCUT2D eigenvalue weighted by Gasteiger charge is 2.24. The van der Waals surface area contributed by atoms with E-state index in [1.807, 2.05) is 0 Å². The van der Waals surface area contributed by atoms with Crippen LogP contribution in [0.3, 0.4) is 0 Å². The molecule has 200 valence electrons. The lowest BCUT2D eigenvalue weighted by Gasteiger charge is -2.19. The van der Waals surface area contributed by atoms with Crippen LogP contribution in [0.15, 0.2) is 39.0 Å². The predicted molar refractivity (Wildman–Crippen MR) is 135 cm³/mol. The smallest absolute Gasteiger partial charge is 0.339 e. The van der Waals surface area contributed by atoms with Gasteiger partial charge in [0.1, 0.15) is 13.2 Å². The van der Waals surface area contributed by atoms with Gasteiger partial charge in [-0.15, -0.1) is 0 Å². The Morgan fingerprint density at radius 2 is 1.81 bits per heavy atom. The van der Waals surface area contributed by atoms with Crippen molar-refractivity contribution in [2.75, 3.05) is 26.2 Å². The minimum absolute atomic E-state index is 0.0236. The van der Waals surface area contributed by atoms with E-state index >= 15 is 0 Å². The van der Waals surface area contributed by atoms with Gasteiger partial charge in [-0.05, 0) is 18.2 Å². The Morgan fingerprint density at radius 3 is 2.46 bits per heavy atom. The van der Waals surface area contributed by atoms with E-state index in [0.717, 1.165) is 10.6 Å². The van der Waals surface area contributed by atoms with Gasteiger partial charge in [-0.25, -0.2) is 23.0 Å². The molecule has 0 spiro atoms. The number of aryl methyl sites for hydroxylation is 1. The number of ether oxygens (including phenoxy) is 1. The molecule has 1 N–H and O–H groups in total. The fraction of sp³-hybridized carbons (Fsp3) is 0.409. The van der Waals surface area contributed by atoms with Crippen molar-refractivity contribution in [2.24, 2.45) is 14.1 Å². The molecule has 3 aromatic rings. The molecule has 15 heteroatoms. The van der Waals surface area contributed by atoms with E-state index < -0.39 is 33.1 Å². The van der Waals surface area contributed by atoms with Crippen LogP contribution >= 0.6 is 11.6 Å². The van der Waals surface area contributed by atoms with Crippen LogP contribution in [0, 0.1) is 0 Å². The molecular formula is C22H27ClN6O7S.